The number of hydrogen-bond donors (Lipinski definition) is 0. The zero-order chi connectivity index (χ0) is 18.8. The van der Waals surface area contributed by atoms with Crippen LogP contribution in [0.15, 0.2) is 51.7 Å². The highest BCUT2D eigenvalue weighted by Crippen LogP contribution is 2.30. The molecule has 0 amide bonds. The lowest BCUT2D eigenvalue weighted by atomic mass is 9.98. The minimum Gasteiger partial charge on any atom is -0.546 e. The van der Waals surface area contributed by atoms with E-state index in [1.54, 1.807) is 19.1 Å². The van der Waals surface area contributed by atoms with Crippen molar-refractivity contribution in [1.29, 1.82) is 0 Å². The number of benzene rings is 2. The van der Waals surface area contributed by atoms with Crippen molar-refractivity contribution >= 4 is 16.9 Å². The average molecular weight is 351 g/mol. The summed E-state index contributed by atoms with van der Waals surface area (Å²) < 4.78 is 11.0. The number of carbonyl (C=O) groups excluding carboxylic acids is 1. The van der Waals surface area contributed by atoms with Gasteiger partial charge < -0.3 is 19.1 Å². The van der Waals surface area contributed by atoms with Crippen LogP contribution in [0.3, 0.4) is 0 Å². The van der Waals surface area contributed by atoms with Gasteiger partial charge in [0.2, 0.25) is 0 Å². The number of carbonyl (C=O) groups is 1. The molecule has 0 unspecified atom stereocenters. The number of aryl methyl sites for hydroxylation is 2. The maximum atomic E-state index is 12.5. The summed E-state index contributed by atoms with van der Waals surface area (Å²) in [6.07, 6.45) is -0.611. The normalized spacial score (nSPS) is 12.1. The highest BCUT2D eigenvalue weighted by Gasteiger charge is 2.16. The molecule has 3 rings (SSSR count). The molecule has 1 aromatic heterocycles. The molecular formula is C21H19O5-. The van der Waals surface area contributed by atoms with Gasteiger partial charge in [0.1, 0.15) is 17.4 Å². The van der Waals surface area contributed by atoms with Crippen LogP contribution in [-0.4, -0.2) is 12.1 Å². The van der Waals surface area contributed by atoms with E-state index in [1.165, 1.54) is 6.92 Å². The Kier molecular flexibility index (Phi) is 4.80. The molecular weight excluding hydrogens is 332 g/mol. The average Bonchev–Trinajstić information content (AvgIpc) is 2.62. The first-order valence-electron chi connectivity index (χ1n) is 8.35. The van der Waals surface area contributed by atoms with Gasteiger partial charge >= 0.3 is 5.63 Å². The third-order valence-corrected chi connectivity index (χ3v) is 4.51. The standard InChI is InChI=1S/C21H20O5/c1-12-16-9-10-18(25-14(3)20(22)23)13(2)19(16)26-21(24)17(12)11-15-7-5-4-6-8-15/h4-10,14H,11H2,1-3H3,(H,22,23)/p-1/t14-/m0/s1. The molecule has 0 N–H and O–H groups in total. The van der Waals surface area contributed by atoms with Gasteiger partial charge in [0.05, 0.1) is 5.97 Å². The summed E-state index contributed by atoms with van der Waals surface area (Å²) in [6.45, 7) is 5.02. The summed E-state index contributed by atoms with van der Waals surface area (Å²) in [6, 6.07) is 13.2. The van der Waals surface area contributed by atoms with Crippen molar-refractivity contribution in [2.75, 3.05) is 0 Å². The fourth-order valence-corrected chi connectivity index (χ4v) is 2.94. The zero-order valence-electron chi connectivity index (χ0n) is 14.9. The largest absolute Gasteiger partial charge is 0.546 e. The first kappa shape index (κ1) is 17.7. The molecule has 0 aliphatic rings. The molecule has 1 atom stereocenters. The Morgan fingerprint density at radius 1 is 1.12 bits per heavy atom. The molecule has 0 fully saturated rings. The van der Waals surface area contributed by atoms with Crippen molar-refractivity contribution < 1.29 is 19.1 Å². The summed E-state index contributed by atoms with van der Waals surface area (Å²) >= 11 is 0. The van der Waals surface area contributed by atoms with Gasteiger partial charge in [0.15, 0.2) is 0 Å². The number of carboxylic acids is 1. The summed E-state index contributed by atoms with van der Waals surface area (Å²) in [5.41, 5.74) is 3.09. The van der Waals surface area contributed by atoms with Gasteiger partial charge in [-0.2, -0.15) is 0 Å². The molecule has 0 aliphatic carbocycles. The van der Waals surface area contributed by atoms with Crippen LogP contribution in [0.2, 0.25) is 0 Å². The van der Waals surface area contributed by atoms with Crippen molar-refractivity contribution in [1.82, 2.24) is 0 Å². The summed E-state index contributed by atoms with van der Waals surface area (Å²) in [5, 5.41) is 11.7. The predicted octanol–water partition coefficient (Wildman–Crippen LogP) is 2.52. The monoisotopic (exact) mass is 351 g/mol. The van der Waals surface area contributed by atoms with E-state index in [1.807, 2.05) is 37.3 Å². The summed E-state index contributed by atoms with van der Waals surface area (Å²) in [7, 11) is 0. The van der Waals surface area contributed by atoms with E-state index in [2.05, 4.69) is 0 Å². The molecule has 5 nitrogen and oxygen atoms in total. The van der Waals surface area contributed by atoms with Gasteiger partial charge in [0.25, 0.3) is 0 Å². The minimum atomic E-state index is -1.31. The van der Waals surface area contributed by atoms with Crippen LogP contribution in [0.4, 0.5) is 0 Å². The smallest absolute Gasteiger partial charge is 0.340 e. The second-order valence-corrected chi connectivity index (χ2v) is 6.30. The van der Waals surface area contributed by atoms with Gasteiger partial charge in [-0.1, -0.05) is 30.3 Å². The number of hydrogen-bond acceptors (Lipinski definition) is 5. The lowest BCUT2D eigenvalue weighted by Gasteiger charge is -2.18. The quantitative estimate of drug-likeness (QED) is 0.660. The summed E-state index contributed by atoms with van der Waals surface area (Å²) in [4.78, 5) is 23.4. The molecule has 0 aliphatic heterocycles. The Labute approximate surface area is 150 Å². The van der Waals surface area contributed by atoms with Crippen molar-refractivity contribution in [2.45, 2.75) is 33.3 Å². The number of rotatable bonds is 5. The van der Waals surface area contributed by atoms with E-state index in [-0.39, 0.29) is 0 Å². The number of carboxylic acid groups (broad SMARTS) is 1. The second-order valence-electron chi connectivity index (χ2n) is 6.30. The molecule has 134 valence electrons. The number of fused-ring (bicyclic) bond motifs is 1. The Morgan fingerprint density at radius 3 is 2.46 bits per heavy atom. The Balaban J connectivity index is 2.07. The molecule has 0 spiro atoms. The highest BCUT2D eigenvalue weighted by molar-refractivity contribution is 5.85. The molecule has 5 heteroatoms. The SMILES string of the molecule is Cc1c(Cc2ccccc2)c(=O)oc2c(C)c(O[C@@H](C)C(=O)[O-])ccc12. The van der Waals surface area contributed by atoms with E-state index >= 15 is 0 Å². The molecule has 26 heavy (non-hydrogen) atoms. The zero-order valence-corrected chi connectivity index (χ0v) is 14.9. The lowest BCUT2D eigenvalue weighted by Crippen LogP contribution is -2.37. The molecule has 0 saturated carbocycles. The van der Waals surface area contributed by atoms with Gasteiger partial charge in [-0.3, -0.25) is 0 Å². The Morgan fingerprint density at radius 2 is 1.81 bits per heavy atom. The van der Waals surface area contributed by atoms with Crippen LogP contribution in [-0.2, 0) is 11.2 Å². The molecule has 2 aromatic carbocycles. The molecule has 3 aromatic rings. The van der Waals surface area contributed by atoms with Crippen molar-refractivity contribution in [2.24, 2.45) is 0 Å². The third-order valence-electron chi connectivity index (χ3n) is 4.51. The minimum absolute atomic E-state index is 0.354. The fraction of sp³-hybridized carbons (Fsp3) is 0.238. The van der Waals surface area contributed by atoms with E-state index in [0.29, 0.717) is 28.9 Å². The lowest BCUT2D eigenvalue weighted by molar-refractivity contribution is -0.312. The predicted molar refractivity (Wildman–Crippen MR) is 96.3 cm³/mol. The van der Waals surface area contributed by atoms with Gasteiger partial charge in [-0.25, -0.2) is 4.79 Å². The van der Waals surface area contributed by atoms with Gasteiger partial charge in [0, 0.05) is 22.9 Å². The van der Waals surface area contributed by atoms with Crippen molar-refractivity contribution in [3.05, 3.63) is 75.1 Å². The first-order chi connectivity index (χ1) is 12.4. The second kappa shape index (κ2) is 7.04. The third kappa shape index (κ3) is 3.33. The van der Waals surface area contributed by atoms with Crippen LogP contribution >= 0.6 is 0 Å². The first-order valence-corrected chi connectivity index (χ1v) is 8.35. The maximum absolute atomic E-state index is 12.5. The van der Waals surface area contributed by atoms with E-state index in [4.69, 9.17) is 9.15 Å². The Hall–Kier alpha value is -3.08. The maximum Gasteiger partial charge on any atom is 0.340 e. The Bertz CT molecular complexity index is 1020. The van der Waals surface area contributed by atoms with Crippen molar-refractivity contribution in [3.8, 4) is 5.75 Å². The van der Waals surface area contributed by atoms with Gasteiger partial charge in [-0.15, -0.1) is 0 Å². The molecule has 0 saturated heterocycles. The van der Waals surface area contributed by atoms with Crippen LogP contribution in [0, 0.1) is 13.8 Å². The topological polar surface area (TPSA) is 79.6 Å². The van der Waals surface area contributed by atoms with Crippen molar-refractivity contribution in [3.63, 3.8) is 0 Å². The van der Waals surface area contributed by atoms with E-state index in [9.17, 15) is 14.7 Å². The number of ether oxygens (including phenoxy) is 1. The van der Waals surface area contributed by atoms with E-state index < -0.39 is 17.7 Å². The van der Waals surface area contributed by atoms with Crippen LogP contribution in [0.25, 0.3) is 11.0 Å². The molecule has 0 bridgehead atoms. The fourth-order valence-electron chi connectivity index (χ4n) is 2.94. The van der Waals surface area contributed by atoms with Gasteiger partial charge in [-0.05, 0) is 44.0 Å². The van der Waals surface area contributed by atoms with Crippen LogP contribution in [0.1, 0.15) is 29.2 Å². The van der Waals surface area contributed by atoms with Crippen LogP contribution < -0.4 is 15.5 Å². The highest BCUT2D eigenvalue weighted by atomic mass is 16.5. The summed E-state index contributed by atoms with van der Waals surface area (Å²) in [5.74, 6) is -0.951. The van der Waals surface area contributed by atoms with E-state index in [0.717, 1.165) is 16.5 Å². The van der Waals surface area contributed by atoms with Crippen LogP contribution in [0.5, 0.6) is 5.75 Å². The molecule has 1 heterocycles. The number of aliphatic carboxylic acids is 1. The molecule has 0 radical (unpaired) electrons.